The summed E-state index contributed by atoms with van der Waals surface area (Å²) in [6.07, 6.45) is 0. The molecule has 0 N–H and O–H groups in total. The third-order valence-electron chi connectivity index (χ3n) is 11.5. The third-order valence-corrected chi connectivity index (χ3v) is 11.5. The lowest BCUT2D eigenvalue weighted by molar-refractivity contribution is 0.590. The molecule has 0 unspecified atom stereocenters. The molecule has 5 heteroatoms. The van der Waals surface area contributed by atoms with Crippen LogP contribution in [0.3, 0.4) is 0 Å². The highest BCUT2D eigenvalue weighted by Crippen LogP contribution is 2.45. The quantitative estimate of drug-likeness (QED) is 0.176. The summed E-state index contributed by atoms with van der Waals surface area (Å²) in [6.45, 7) is 13.7. The molecule has 0 saturated heterocycles. The van der Waals surface area contributed by atoms with Gasteiger partial charge in [-0.25, -0.2) is 15.0 Å². The molecule has 0 radical (unpaired) electrons. The van der Waals surface area contributed by atoms with Gasteiger partial charge >= 0.3 is 0 Å². The molecule has 0 saturated carbocycles. The van der Waals surface area contributed by atoms with E-state index < -0.39 is 0 Å². The van der Waals surface area contributed by atoms with Gasteiger partial charge in [0.05, 0.1) is 33.3 Å². The lowest BCUT2D eigenvalue weighted by Crippen LogP contribution is -2.10. The third kappa shape index (κ3) is 5.89. The van der Waals surface area contributed by atoms with E-state index in [9.17, 15) is 0 Å². The van der Waals surface area contributed by atoms with Crippen molar-refractivity contribution in [3.8, 4) is 45.5 Å². The number of para-hydroxylation sites is 2. The van der Waals surface area contributed by atoms with Crippen molar-refractivity contribution < 1.29 is 0 Å². The summed E-state index contributed by atoms with van der Waals surface area (Å²) in [5, 5.41) is 4.76. The molecular weight excluding hydrogens is 707 g/mol. The number of rotatable bonds is 5. The van der Waals surface area contributed by atoms with Crippen LogP contribution in [0.15, 0.2) is 164 Å². The Kier molecular flexibility index (Phi) is 8.20. The average molecular weight is 752 g/mol. The van der Waals surface area contributed by atoms with E-state index in [1.54, 1.807) is 0 Å². The van der Waals surface area contributed by atoms with Crippen molar-refractivity contribution in [2.75, 3.05) is 0 Å². The van der Waals surface area contributed by atoms with E-state index in [-0.39, 0.29) is 10.8 Å². The maximum Gasteiger partial charge on any atom is 0.168 e. The fraction of sp³-hybridized carbons (Fsp3) is 0.151. The van der Waals surface area contributed by atoms with E-state index in [4.69, 9.17) is 15.0 Å². The Morgan fingerprint density at radius 3 is 1.38 bits per heavy atom. The van der Waals surface area contributed by atoms with Crippen molar-refractivity contribution in [3.63, 3.8) is 0 Å². The number of nitrogens with zero attached hydrogens (tertiary/aromatic N) is 5. The van der Waals surface area contributed by atoms with E-state index in [0.29, 0.717) is 17.5 Å². The molecule has 282 valence electrons. The van der Waals surface area contributed by atoms with Crippen LogP contribution in [0.4, 0.5) is 0 Å². The molecule has 5 nitrogen and oxygen atoms in total. The molecular formula is C53H45N5. The first kappa shape index (κ1) is 35.6. The summed E-state index contributed by atoms with van der Waals surface area (Å²) < 4.78 is 4.83. The lowest BCUT2D eigenvalue weighted by atomic mass is 9.85. The van der Waals surface area contributed by atoms with Crippen LogP contribution in [0.25, 0.3) is 89.2 Å². The van der Waals surface area contributed by atoms with Crippen molar-refractivity contribution in [1.29, 1.82) is 0 Å². The Morgan fingerprint density at radius 1 is 0.379 bits per heavy atom. The summed E-state index contributed by atoms with van der Waals surface area (Å²) in [7, 11) is 0. The van der Waals surface area contributed by atoms with Crippen molar-refractivity contribution >= 4 is 43.6 Å². The molecule has 0 aliphatic carbocycles. The highest BCUT2D eigenvalue weighted by Gasteiger charge is 2.27. The van der Waals surface area contributed by atoms with E-state index in [1.165, 1.54) is 27.3 Å². The highest BCUT2D eigenvalue weighted by atomic mass is 15.1. The second-order valence-corrected chi connectivity index (χ2v) is 17.4. The summed E-state index contributed by atoms with van der Waals surface area (Å²) in [5.74, 6) is 1.86. The average Bonchev–Trinajstić information content (AvgIpc) is 3.75. The predicted molar refractivity (Wildman–Crippen MR) is 242 cm³/mol. The van der Waals surface area contributed by atoms with Crippen LogP contribution in [0.5, 0.6) is 0 Å². The van der Waals surface area contributed by atoms with E-state index >= 15 is 0 Å². The van der Waals surface area contributed by atoms with E-state index in [1.807, 2.05) is 36.4 Å². The normalized spacial score (nSPS) is 12.3. The Labute approximate surface area is 339 Å². The molecule has 0 amide bonds. The van der Waals surface area contributed by atoms with Gasteiger partial charge in [-0.05, 0) is 70.5 Å². The van der Waals surface area contributed by atoms with Crippen LogP contribution in [0, 0.1) is 0 Å². The molecule has 10 rings (SSSR count). The van der Waals surface area contributed by atoms with E-state index in [2.05, 4.69) is 178 Å². The number of fused-ring (bicyclic) bond motifs is 6. The molecule has 0 spiro atoms. The van der Waals surface area contributed by atoms with Crippen LogP contribution in [-0.2, 0) is 10.8 Å². The monoisotopic (exact) mass is 751 g/mol. The van der Waals surface area contributed by atoms with Gasteiger partial charge in [0, 0.05) is 38.4 Å². The summed E-state index contributed by atoms with van der Waals surface area (Å²) >= 11 is 0. The van der Waals surface area contributed by atoms with Crippen LogP contribution in [0.1, 0.15) is 52.7 Å². The maximum atomic E-state index is 5.43. The number of benzene rings is 7. The smallest absolute Gasteiger partial charge is 0.168 e. The predicted octanol–water partition coefficient (Wildman–Crippen LogP) is 13.7. The Morgan fingerprint density at radius 2 is 0.845 bits per heavy atom. The van der Waals surface area contributed by atoms with Crippen LogP contribution in [0.2, 0.25) is 0 Å². The van der Waals surface area contributed by atoms with Gasteiger partial charge in [0.1, 0.15) is 0 Å². The molecule has 3 heterocycles. The van der Waals surface area contributed by atoms with Gasteiger partial charge in [-0.2, -0.15) is 0 Å². The largest absolute Gasteiger partial charge is 0.308 e. The SMILES string of the molecule is CC(C)(C)c1ccc2c(c1)c1cc(C(C)(C)C)ccc1n2-c1ccc2c3ccccc3n(-c3ccccc3)c2c1-c1nc(-c2ccccc2)nc(-c2ccccc2)n1. The minimum Gasteiger partial charge on any atom is -0.308 e. The second kappa shape index (κ2) is 13.4. The fourth-order valence-electron chi connectivity index (χ4n) is 8.44. The van der Waals surface area contributed by atoms with Gasteiger partial charge in [0.25, 0.3) is 0 Å². The van der Waals surface area contributed by atoms with Gasteiger partial charge in [-0.15, -0.1) is 0 Å². The molecule has 0 aliphatic heterocycles. The maximum absolute atomic E-state index is 5.43. The van der Waals surface area contributed by atoms with E-state index in [0.717, 1.165) is 55.5 Å². The Balaban J connectivity index is 1.41. The molecule has 0 bridgehead atoms. The Bertz CT molecular complexity index is 3030. The zero-order valence-corrected chi connectivity index (χ0v) is 33.8. The molecule has 0 atom stereocenters. The number of aromatic nitrogens is 5. The fourth-order valence-corrected chi connectivity index (χ4v) is 8.44. The van der Waals surface area contributed by atoms with Gasteiger partial charge in [0.2, 0.25) is 0 Å². The molecule has 10 aromatic rings. The second-order valence-electron chi connectivity index (χ2n) is 17.4. The zero-order chi connectivity index (χ0) is 39.8. The number of hydrogen-bond acceptors (Lipinski definition) is 3. The van der Waals surface area contributed by atoms with Crippen molar-refractivity contribution in [2.45, 2.75) is 52.4 Å². The molecule has 0 aliphatic rings. The molecule has 3 aromatic heterocycles. The van der Waals surface area contributed by atoms with Gasteiger partial charge < -0.3 is 9.13 Å². The minimum atomic E-state index is -0.0164. The molecule has 58 heavy (non-hydrogen) atoms. The van der Waals surface area contributed by atoms with Gasteiger partial charge in [-0.3, -0.25) is 0 Å². The van der Waals surface area contributed by atoms with Crippen LogP contribution >= 0.6 is 0 Å². The minimum absolute atomic E-state index is 0.0164. The van der Waals surface area contributed by atoms with Crippen LogP contribution in [-0.4, -0.2) is 24.1 Å². The summed E-state index contributed by atoms with van der Waals surface area (Å²) in [6, 6.07) is 58.4. The standard InChI is InChI=1S/C53H45N5/c1-52(2,3)36-26-29-44-41(32-36)42-33-37(53(4,5)6)27-30-45(42)58(44)46-31-28-40-39-24-16-17-25-43(39)57(38-22-14-9-15-23-38)48(40)47(46)51-55-49(34-18-10-7-11-19-34)54-50(56-51)35-20-12-8-13-21-35/h7-33H,1-6H3. The van der Waals surface area contributed by atoms with Crippen molar-refractivity contribution in [3.05, 3.63) is 175 Å². The van der Waals surface area contributed by atoms with Crippen LogP contribution < -0.4 is 0 Å². The van der Waals surface area contributed by atoms with Crippen molar-refractivity contribution in [1.82, 2.24) is 24.1 Å². The van der Waals surface area contributed by atoms with Gasteiger partial charge in [0.15, 0.2) is 17.5 Å². The molecule has 7 aromatic carbocycles. The Hall–Kier alpha value is -6.85. The summed E-state index contributed by atoms with van der Waals surface area (Å²) in [4.78, 5) is 16.0. The topological polar surface area (TPSA) is 48.5 Å². The highest BCUT2D eigenvalue weighted by molar-refractivity contribution is 6.16. The first-order valence-electron chi connectivity index (χ1n) is 20.1. The molecule has 0 fully saturated rings. The zero-order valence-electron chi connectivity index (χ0n) is 33.8. The van der Waals surface area contributed by atoms with Crippen molar-refractivity contribution in [2.24, 2.45) is 0 Å². The summed E-state index contributed by atoms with van der Waals surface area (Å²) in [5.41, 5.74) is 11.9. The first-order valence-corrected chi connectivity index (χ1v) is 20.1. The first-order chi connectivity index (χ1) is 28.0. The number of hydrogen-bond donors (Lipinski definition) is 0. The lowest BCUT2D eigenvalue weighted by Gasteiger charge is -2.20. The van der Waals surface area contributed by atoms with Gasteiger partial charge in [-0.1, -0.05) is 157 Å².